The third kappa shape index (κ3) is 46.1. The van der Waals surface area contributed by atoms with Crippen LogP contribution in [-0.4, -0.2) is 34.9 Å². The minimum absolute atomic E-state index is 0.0805. The lowest BCUT2D eigenvalue weighted by molar-refractivity contribution is -0.123. The number of hydrogen-bond acceptors (Lipinski definition) is 3. The fourth-order valence-electron chi connectivity index (χ4n) is 6.94. The van der Waals surface area contributed by atoms with Crippen molar-refractivity contribution in [1.29, 1.82) is 0 Å². The minimum Gasteiger partial charge on any atom is -0.394 e. The monoisotopic (exact) mass is 830 g/mol. The molecule has 0 aliphatic heterocycles. The molecule has 4 heteroatoms. The average Bonchev–Trinajstić information content (AvgIpc) is 3.25. The van der Waals surface area contributed by atoms with E-state index in [0.29, 0.717) is 6.42 Å². The number of allylic oxidation sites excluding steroid dienone is 17. The second kappa shape index (κ2) is 50.4. The van der Waals surface area contributed by atoms with Gasteiger partial charge in [0.05, 0.1) is 18.8 Å². The molecule has 0 rings (SSSR count). The average molecular weight is 830 g/mol. The van der Waals surface area contributed by atoms with Crippen molar-refractivity contribution in [2.45, 2.75) is 231 Å². The summed E-state index contributed by atoms with van der Waals surface area (Å²) < 4.78 is 0. The van der Waals surface area contributed by atoms with Crippen LogP contribution in [0.4, 0.5) is 0 Å². The summed E-state index contributed by atoms with van der Waals surface area (Å²) >= 11 is 0. The van der Waals surface area contributed by atoms with Crippen molar-refractivity contribution < 1.29 is 15.0 Å². The van der Waals surface area contributed by atoms with Crippen LogP contribution in [0, 0.1) is 0 Å². The number of carbonyl (C=O) groups is 1. The summed E-state index contributed by atoms with van der Waals surface area (Å²) in [5.41, 5.74) is 0. The van der Waals surface area contributed by atoms with Crippen molar-refractivity contribution in [3.63, 3.8) is 0 Å². The summed E-state index contributed by atoms with van der Waals surface area (Å²) in [6.07, 6.45) is 76.5. The molecule has 1 amide bonds. The number of nitrogens with one attached hydrogen (secondary N) is 1. The van der Waals surface area contributed by atoms with E-state index in [2.05, 4.69) is 116 Å². The van der Waals surface area contributed by atoms with Gasteiger partial charge in [-0.25, -0.2) is 0 Å². The molecule has 0 heterocycles. The second-order valence-electron chi connectivity index (χ2n) is 16.5. The quantitative estimate of drug-likeness (QED) is 0.0423. The molecule has 0 aliphatic carbocycles. The van der Waals surface area contributed by atoms with Crippen LogP contribution in [0.2, 0.25) is 0 Å². The van der Waals surface area contributed by atoms with Crippen LogP contribution >= 0.6 is 0 Å². The van der Waals surface area contributed by atoms with Gasteiger partial charge in [0.2, 0.25) is 5.91 Å². The Bertz CT molecular complexity index is 1170. The largest absolute Gasteiger partial charge is 0.394 e. The zero-order valence-electron chi connectivity index (χ0n) is 39.2. The number of aliphatic hydroxyl groups is 2. The van der Waals surface area contributed by atoms with Gasteiger partial charge in [0, 0.05) is 6.42 Å². The lowest BCUT2D eigenvalue weighted by Gasteiger charge is -2.19. The minimum atomic E-state index is -0.867. The molecular formula is C56H95NO3. The molecule has 0 spiro atoms. The maximum absolute atomic E-state index is 12.4. The summed E-state index contributed by atoms with van der Waals surface area (Å²) in [5.74, 6) is -0.0805. The zero-order chi connectivity index (χ0) is 43.5. The molecule has 0 fully saturated rings. The third-order valence-electron chi connectivity index (χ3n) is 10.7. The normalized spacial score (nSPS) is 13.9. The molecule has 0 aromatic rings. The summed E-state index contributed by atoms with van der Waals surface area (Å²) in [5, 5.41) is 23.0. The SMILES string of the molecule is CC/C=C\C/C=C\C/C=C\C/C=C\C/C=C\C/C=C\C/C=C\CCCCCCCCCCCCCCCC(=O)NC(CO)C(O)/C=C/CC/C=C/CCCCCCCCC. The molecule has 342 valence electrons. The first-order valence-electron chi connectivity index (χ1n) is 25.1. The van der Waals surface area contributed by atoms with Crippen LogP contribution in [0.3, 0.4) is 0 Å². The molecule has 4 nitrogen and oxygen atoms in total. The Balaban J connectivity index is 3.58. The number of unbranched alkanes of at least 4 members (excludes halogenated alkanes) is 21. The lowest BCUT2D eigenvalue weighted by Crippen LogP contribution is -2.45. The van der Waals surface area contributed by atoms with Gasteiger partial charge >= 0.3 is 0 Å². The van der Waals surface area contributed by atoms with Gasteiger partial charge < -0.3 is 15.5 Å². The van der Waals surface area contributed by atoms with Crippen LogP contribution in [0.15, 0.2) is 109 Å². The van der Waals surface area contributed by atoms with Crippen LogP contribution < -0.4 is 5.32 Å². The summed E-state index contributed by atoms with van der Waals surface area (Å²) in [6.45, 7) is 4.16. The van der Waals surface area contributed by atoms with Crippen molar-refractivity contribution in [1.82, 2.24) is 5.32 Å². The first-order chi connectivity index (χ1) is 29.7. The Morgan fingerprint density at radius 2 is 0.750 bits per heavy atom. The predicted molar refractivity (Wildman–Crippen MR) is 266 cm³/mol. The highest BCUT2D eigenvalue weighted by Gasteiger charge is 2.17. The molecule has 0 saturated heterocycles. The Hall–Kier alpha value is -2.95. The maximum Gasteiger partial charge on any atom is 0.220 e. The van der Waals surface area contributed by atoms with Crippen molar-refractivity contribution in [3.8, 4) is 0 Å². The topological polar surface area (TPSA) is 69.6 Å². The first kappa shape index (κ1) is 57.1. The maximum atomic E-state index is 12.4. The molecule has 0 aromatic carbocycles. The number of amides is 1. The summed E-state index contributed by atoms with van der Waals surface area (Å²) in [6, 6.07) is -0.645. The van der Waals surface area contributed by atoms with Gasteiger partial charge in [0.25, 0.3) is 0 Å². The van der Waals surface area contributed by atoms with E-state index in [1.54, 1.807) is 6.08 Å². The van der Waals surface area contributed by atoms with Crippen LogP contribution in [0.1, 0.15) is 219 Å². The number of carbonyl (C=O) groups excluding carboxylic acids is 1. The molecule has 2 atom stereocenters. The van der Waals surface area contributed by atoms with E-state index in [-0.39, 0.29) is 12.5 Å². The molecule has 0 saturated carbocycles. The third-order valence-corrected chi connectivity index (χ3v) is 10.7. The lowest BCUT2D eigenvalue weighted by atomic mass is 10.0. The van der Waals surface area contributed by atoms with Gasteiger partial charge in [-0.3, -0.25) is 4.79 Å². The first-order valence-corrected chi connectivity index (χ1v) is 25.1. The molecule has 2 unspecified atom stereocenters. The Morgan fingerprint density at radius 3 is 1.17 bits per heavy atom. The van der Waals surface area contributed by atoms with Crippen molar-refractivity contribution in [2.24, 2.45) is 0 Å². The van der Waals surface area contributed by atoms with Crippen LogP contribution in [0.25, 0.3) is 0 Å². The highest BCUT2D eigenvalue weighted by molar-refractivity contribution is 5.76. The Morgan fingerprint density at radius 1 is 0.417 bits per heavy atom. The summed E-state index contributed by atoms with van der Waals surface area (Å²) in [4.78, 5) is 12.4. The fraction of sp³-hybridized carbons (Fsp3) is 0.661. The predicted octanol–water partition coefficient (Wildman–Crippen LogP) is 16.4. The number of hydrogen-bond donors (Lipinski definition) is 3. The van der Waals surface area contributed by atoms with E-state index < -0.39 is 12.1 Å². The van der Waals surface area contributed by atoms with Crippen LogP contribution in [0.5, 0.6) is 0 Å². The highest BCUT2D eigenvalue weighted by atomic mass is 16.3. The van der Waals surface area contributed by atoms with E-state index in [4.69, 9.17) is 0 Å². The van der Waals surface area contributed by atoms with E-state index in [0.717, 1.165) is 77.0 Å². The van der Waals surface area contributed by atoms with Crippen LogP contribution in [-0.2, 0) is 4.79 Å². The van der Waals surface area contributed by atoms with E-state index in [1.807, 2.05) is 6.08 Å². The van der Waals surface area contributed by atoms with E-state index in [1.165, 1.54) is 122 Å². The van der Waals surface area contributed by atoms with Gasteiger partial charge in [0.15, 0.2) is 0 Å². The van der Waals surface area contributed by atoms with E-state index >= 15 is 0 Å². The molecule has 0 aromatic heterocycles. The molecular weight excluding hydrogens is 735 g/mol. The van der Waals surface area contributed by atoms with Gasteiger partial charge in [-0.05, 0) is 89.9 Å². The van der Waals surface area contributed by atoms with E-state index in [9.17, 15) is 15.0 Å². The number of rotatable bonds is 44. The standard InChI is InChI=1S/C56H95NO3/c1-3-5-7-9-11-13-15-17-18-19-20-21-22-23-24-25-26-27-28-29-30-31-32-33-34-35-36-37-38-40-42-44-46-48-50-52-56(60)57-54(53-58)55(59)51-49-47-45-43-41-39-16-14-12-10-8-6-4-2/h5,7,11,13,17-18,20-21,23-24,26-27,29-30,41,43,49,51,54-55,58-59H,3-4,6,8-10,12,14-16,19,22,25,28,31-40,42,44-48,50,52-53H2,1-2H3,(H,57,60)/b7-5-,13-11-,18-17-,21-20-,24-23-,27-26-,30-29-,43-41+,51-49+. The van der Waals surface area contributed by atoms with Gasteiger partial charge in [0.1, 0.15) is 0 Å². The second-order valence-corrected chi connectivity index (χ2v) is 16.5. The smallest absolute Gasteiger partial charge is 0.220 e. The van der Waals surface area contributed by atoms with Gasteiger partial charge in [-0.1, -0.05) is 232 Å². The molecule has 0 aliphatic rings. The molecule has 0 radical (unpaired) electrons. The van der Waals surface area contributed by atoms with Gasteiger partial charge in [-0.15, -0.1) is 0 Å². The Labute approximate surface area is 372 Å². The number of aliphatic hydroxyl groups excluding tert-OH is 2. The molecule has 60 heavy (non-hydrogen) atoms. The summed E-state index contributed by atoms with van der Waals surface area (Å²) in [7, 11) is 0. The van der Waals surface area contributed by atoms with Crippen molar-refractivity contribution in [3.05, 3.63) is 109 Å². The zero-order valence-corrected chi connectivity index (χ0v) is 39.2. The molecule has 3 N–H and O–H groups in total. The molecule has 0 bridgehead atoms. The Kier molecular flexibility index (Phi) is 47.9. The van der Waals surface area contributed by atoms with Crippen molar-refractivity contribution in [2.75, 3.05) is 6.61 Å². The fourth-order valence-corrected chi connectivity index (χ4v) is 6.94. The highest BCUT2D eigenvalue weighted by Crippen LogP contribution is 2.14. The van der Waals surface area contributed by atoms with Gasteiger partial charge in [-0.2, -0.15) is 0 Å². The van der Waals surface area contributed by atoms with Crippen molar-refractivity contribution >= 4 is 5.91 Å².